The van der Waals surface area contributed by atoms with Gasteiger partial charge >= 0.3 is 0 Å². The summed E-state index contributed by atoms with van der Waals surface area (Å²) in [4.78, 5) is 7.21. The van der Waals surface area contributed by atoms with Crippen molar-refractivity contribution < 1.29 is 4.42 Å². The molecule has 0 saturated heterocycles. The van der Waals surface area contributed by atoms with Crippen LogP contribution in [0.5, 0.6) is 0 Å². The van der Waals surface area contributed by atoms with E-state index in [1.807, 2.05) is 36.4 Å². The number of anilines is 3. The van der Waals surface area contributed by atoms with Gasteiger partial charge in [0, 0.05) is 33.4 Å². The summed E-state index contributed by atoms with van der Waals surface area (Å²) >= 11 is 0. The molecular weight excluding hydrogens is 572 g/mol. The summed E-state index contributed by atoms with van der Waals surface area (Å²) in [7, 11) is 0. The van der Waals surface area contributed by atoms with Gasteiger partial charge < -0.3 is 9.32 Å². The molecular formula is C44H32N2O. The number of rotatable bonds is 5. The standard InChI is InChI=1S/C44H32N2O/c1-44(2)39-16-10-9-15-36(39)38-28-35(24-25-40(38)44)46(33-21-17-30(18-22-33)29-11-5-3-6-12-29)34-23-19-31-20-26-41-42(37(31)27-34)47-43(45-41)32-13-7-4-8-14-32/h3-28H,1-2H3. The third-order valence-electron chi connectivity index (χ3n) is 9.69. The number of benzene rings is 7. The lowest BCUT2D eigenvalue weighted by Crippen LogP contribution is -2.15. The van der Waals surface area contributed by atoms with Crippen molar-refractivity contribution in [2.75, 3.05) is 4.90 Å². The number of fused-ring (bicyclic) bond motifs is 6. The summed E-state index contributed by atoms with van der Waals surface area (Å²) in [5, 5.41) is 2.15. The van der Waals surface area contributed by atoms with Crippen molar-refractivity contribution >= 4 is 38.9 Å². The highest BCUT2D eigenvalue weighted by molar-refractivity contribution is 6.05. The van der Waals surface area contributed by atoms with Crippen LogP contribution in [-0.2, 0) is 5.41 Å². The van der Waals surface area contributed by atoms with Gasteiger partial charge in [0.2, 0.25) is 5.89 Å². The van der Waals surface area contributed by atoms with Crippen LogP contribution in [0.15, 0.2) is 162 Å². The van der Waals surface area contributed by atoms with E-state index in [0.717, 1.165) is 44.5 Å². The molecule has 0 bridgehead atoms. The topological polar surface area (TPSA) is 29.3 Å². The van der Waals surface area contributed by atoms with Crippen molar-refractivity contribution in [3.8, 4) is 33.7 Å². The molecule has 3 heteroatoms. The molecule has 1 aromatic heterocycles. The molecule has 8 aromatic rings. The summed E-state index contributed by atoms with van der Waals surface area (Å²) in [6, 6.07) is 56.1. The zero-order valence-corrected chi connectivity index (χ0v) is 26.3. The fourth-order valence-corrected chi connectivity index (χ4v) is 7.26. The molecule has 47 heavy (non-hydrogen) atoms. The Kier molecular flexibility index (Phi) is 6.16. The van der Waals surface area contributed by atoms with E-state index >= 15 is 0 Å². The number of nitrogens with zero attached hydrogens (tertiary/aromatic N) is 2. The van der Waals surface area contributed by atoms with Crippen molar-refractivity contribution in [2.45, 2.75) is 19.3 Å². The van der Waals surface area contributed by atoms with Crippen molar-refractivity contribution in [2.24, 2.45) is 0 Å². The Balaban J connectivity index is 1.23. The maximum atomic E-state index is 6.47. The molecule has 3 nitrogen and oxygen atoms in total. The van der Waals surface area contributed by atoms with E-state index in [1.165, 1.54) is 33.4 Å². The number of aromatic nitrogens is 1. The fraction of sp³-hybridized carbons (Fsp3) is 0.0682. The summed E-state index contributed by atoms with van der Waals surface area (Å²) < 4.78 is 6.47. The van der Waals surface area contributed by atoms with Crippen LogP contribution in [0.25, 0.3) is 55.6 Å². The molecule has 9 rings (SSSR count). The summed E-state index contributed by atoms with van der Waals surface area (Å²) in [6.45, 7) is 4.65. The average molecular weight is 605 g/mol. The lowest BCUT2D eigenvalue weighted by molar-refractivity contribution is 0.623. The Labute approximate surface area is 274 Å². The molecule has 0 fully saturated rings. The van der Waals surface area contributed by atoms with Crippen LogP contribution in [0.2, 0.25) is 0 Å². The van der Waals surface area contributed by atoms with Gasteiger partial charge in [-0.05, 0) is 93.4 Å². The zero-order chi connectivity index (χ0) is 31.5. The Morgan fingerprint density at radius 2 is 1.11 bits per heavy atom. The minimum atomic E-state index is -0.0517. The largest absolute Gasteiger partial charge is 0.435 e. The van der Waals surface area contributed by atoms with E-state index in [-0.39, 0.29) is 5.41 Å². The number of hydrogen-bond donors (Lipinski definition) is 0. The Morgan fingerprint density at radius 1 is 0.511 bits per heavy atom. The molecule has 0 atom stereocenters. The van der Waals surface area contributed by atoms with E-state index in [9.17, 15) is 0 Å². The molecule has 0 N–H and O–H groups in total. The quantitative estimate of drug-likeness (QED) is 0.196. The molecule has 0 amide bonds. The third-order valence-corrected chi connectivity index (χ3v) is 9.69. The molecule has 7 aromatic carbocycles. The normalized spacial score (nSPS) is 13.1. The molecule has 0 spiro atoms. The molecule has 0 unspecified atom stereocenters. The highest BCUT2D eigenvalue weighted by Gasteiger charge is 2.35. The highest BCUT2D eigenvalue weighted by atomic mass is 16.3. The minimum absolute atomic E-state index is 0.0517. The van der Waals surface area contributed by atoms with Crippen molar-refractivity contribution in [3.05, 3.63) is 169 Å². The van der Waals surface area contributed by atoms with Crippen LogP contribution in [-0.4, -0.2) is 4.98 Å². The molecule has 0 saturated carbocycles. The first-order valence-electron chi connectivity index (χ1n) is 16.1. The van der Waals surface area contributed by atoms with Gasteiger partial charge in [-0.15, -0.1) is 0 Å². The van der Waals surface area contributed by atoms with Crippen molar-refractivity contribution in [3.63, 3.8) is 0 Å². The van der Waals surface area contributed by atoms with Crippen LogP contribution in [0.1, 0.15) is 25.0 Å². The first-order valence-corrected chi connectivity index (χ1v) is 16.1. The summed E-state index contributed by atoms with van der Waals surface area (Å²) in [5.74, 6) is 0.631. The SMILES string of the molecule is CC1(C)c2ccccc2-c2cc(N(c3ccc(-c4ccccc4)cc3)c3ccc4ccc5nc(-c6ccccc6)oc5c4c3)ccc21. The zero-order valence-electron chi connectivity index (χ0n) is 26.3. The van der Waals surface area contributed by atoms with Gasteiger partial charge in [-0.3, -0.25) is 0 Å². The Hall–Kier alpha value is -5.93. The van der Waals surface area contributed by atoms with Gasteiger partial charge in [-0.2, -0.15) is 0 Å². The maximum absolute atomic E-state index is 6.47. The predicted octanol–water partition coefficient (Wildman–Crippen LogP) is 12.1. The van der Waals surface area contributed by atoms with Gasteiger partial charge in [0.15, 0.2) is 5.58 Å². The van der Waals surface area contributed by atoms with E-state index in [1.54, 1.807) is 0 Å². The van der Waals surface area contributed by atoms with Crippen molar-refractivity contribution in [1.82, 2.24) is 4.98 Å². The molecule has 1 aliphatic rings. The third kappa shape index (κ3) is 4.46. The number of oxazole rings is 1. The second-order valence-corrected chi connectivity index (χ2v) is 12.9. The highest BCUT2D eigenvalue weighted by Crippen LogP contribution is 2.50. The van der Waals surface area contributed by atoms with E-state index < -0.39 is 0 Å². The average Bonchev–Trinajstić information content (AvgIpc) is 3.67. The van der Waals surface area contributed by atoms with E-state index in [4.69, 9.17) is 9.40 Å². The van der Waals surface area contributed by atoms with Gasteiger partial charge in [0.05, 0.1) is 0 Å². The molecule has 224 valence electrons. The van der Waals surface area contributed by atoms with Crippen LogP contribution in [0.3, 0.4) is 0 Å². The van der Waals surface area contributed by atoms with E-state index in [2.05, 4.69) is 140 Å². The van der Waals surface area contributed by atoms with Crippen LogP contribution in [0, 0.1) is 0 Å². The minimum Gasteiger partial charge on any atom is -0.435 e. The molecule has 1 heterocycles. The first kappa shape index (κ1) is 27.4. The van der Waals surface area contributed by atoms with Crippen molar-refractivity contribution in [1.29, 1.82) is 0 Å². The fourth-order valence-electron chi connectivity index (χ4n) is 7.26. The maximum Gasteiger partial charge on any atom is 0.227 e. The predicted molar refractivity (Wildman–Crippen MR) is 195 cm³/mol. The van der Waals surface area contributed by atoms with Crippen LogP contribution < -0.4 is 4.90 Å². The smallest absolute Gasteiger partial charge is 0.227 e. The van der Waals surface area contributed by atoms with Gasteiger partial charge in [-0.1, -0.05) is 117 Å². The molecule has 1 aliphatic carbocycles. The molecule has 0 radical (unpaired) electrons. The first-order chi connectivity index (χ1) is 23.0. The van der Waals surface area contributed by atoms with Gasteiger partial charge in [0.25, 0.3) is 0 Å². The van der Waals surface area contributed by atoms with Gasteiger partial charge in [0.1, 0.15) is 5.52 Å². The second-order valence-electron chi connectivity index (χ2n) is 12.9. The second kappa shape index (κ2) is 10.6. The summed E-state index contributed by atoms with van der Waals surface area (Å²) in [6.07, 6.45) is 0. The van der Waals surface area contributed by atoms with E-state index in [0.29, 0.717) is 5.89 Å². The monoisotopic (exact) mass is 604 g/mol. The number of hydrogen-bond acceptors (Lipinski definition) is 3. The summed E-state index contributed by atoms with van der Waals surface area (Å²) in [5.41, 5.74) is 13.5. The Bertz CT molecular complexity index is 2420. The molecule has 0 aliphatic heterocycles. The lowest BCUT2D eigenvalue weighted by Gasteiger charge is -2.27. The Morgan fingerprint density at radius 3 is 1.89 bits per heavy atom. The van der Waals surface area contributed by atoms with Crippen LogP contribution in [0.4, 0.5) is 17.1 Å². The van der Waals surface area contributed by atoms with Crippen LogP contribution >= 0.6 is 0 Å². The lowest BCUT2D eigenvalue weighted by atomic mass is 9.82. The van der Waals surface area contributed by atoms with Gasteiger partial charge in [-0.25, -0.2) is 4.98 Å².